The summed E-state index contributed by atoms with van der Waals surface area (Å²) in [6, 6.07) is 4.64. The van der Waals surface area contributed by atoms with Gasteiger partial charge >= 0.3 is 6.03 Å². The van der Waals surface area contributed by atoms with Gasteiger partial charge < -0.3 is 9.64 Å². The lowest BCUT2D eigenvalue weighted by atomic mass is 9.95. The molecular weight excluding hydrogens is 375 g/mol. The first kappa shape index (κ1) is 23.1. The summed E-state index contributed by atoms with van der Waals surface area (Å²) in [6.45, 7) is 10.1. The second-order valence-corrected chi connectivity index (χ2v) is 8.36. The van der Waals surface area contributed by atoms with Crippen molar-refractivity contribution < 1.29 is 18.7 Å². The SMILES string of the molecule is CC(C)COc1cc(C(C)(C)NNCCCCCN2CC(=O)NC2=O)ccc1F. The van der Waals surface area contributed by atoms with Crippen LogP contribution in [0.1, 0.15) is 52.5 Å². The highest BCUT2D eigenvalue weighted by molar-refractivity contribution is 6.01. The molecule has 2 rings (SSSR count). The van der Waals surface area contributed by atoms with E-state index in [0.29, 0.717) is 19.1 Å². The molecule has 1 aromatic carbocycles. The Morgan fingerprint density at radius 3 is 2.66 bits per heavy atom. The molecule has 1 aliphatic rings. The predicted molar refractivity (Wildman–Crippen MR) is 110 cm³/mol. The van der Waals surface area contributed by atoms with Crippen LogP contribution in [0.4, 0.5) is 9.18 Å². The van der Waals surface area contributed by atoms with Crippen LogP contribution in [0, 0.1) is 11.7 Å². The Morgan fingerprint density at radius 2 is 2.00 bits per heavy atom. The number of unbranched alkanes of at least 4 members (excludes halogenated alkanes) is 2. The average molecular weight is 409 g/mol. The van der Waals surface area contributed by atoms with Crippen molar-refractivity contribution >= 4 is 11.9 Å². The largest absolute Gasteiger partial charge is 0.490 e. The van der Waals surface area contributed by atoms with E-state index in [1.165, 1.54) is 11.0 Å². The molecule has 1 heterocycles. The molecule has 1 fully saturated rings. The first-order chi connectivity index (χ1) is 13.7. The summed E-state index contributed by atoms with van der Waals surface area (Å²) in [5.74, 6) is 0.00917. The summed E-state index contributed by atoms with van der Waals surface area (Å²) in [5, 5.41) is 2.27. The number of amides is 3. The zero-order valence-electron chi connectivity index (χ0n) is 17.8. The molecule has 0 radical (unpaired) electrons. The van der Waals surface area contributed by atoms with Crippen molar-refractivity contribution in [2.24, 2.45) is 5.92 Å². The summed E-state index contributed by atoms with van der Waals surface area (Å²) in [6.07, 6.45) is 2.72. The Balaban J connectivity index is 1.70. The molecule has 0 spiro atoms. The molecule has 162 valence electrons. The van der Waals surface area contributed by atoms with Crippen LogP contribution < -0.4 is 20.9 Å². The summed E-state index contributed by atoms with van der Waals surface area (Å²) in [5.41, 5.74) is 7.03. The third kappa shape index (κ3) is 7.29. The second kappa shape index (κ2) is 10.5. The maximum absolute atomic E-state index is 14.0. The molecule has 0 aromatic heterocycles. The van der Waals surface area contributed by atoms with E-state index >= 15 is 0 Å². The number of hydrogen-bond acceptors (Lipinski definition) is 5. The van der Waals surface area contributed by atoms with Crippen LogP contribution in [-0.2, 0) is 10.3 Å². The monoisotopic (exact) mass is 408 g/mol. The van der Waals surface area contributed by atoms with Crippen LogP contribution in [-0.4, -0.2) is 43.1 Å². The van der Waals surface area contributed by atoms with Gasteiger partial charge in [0.1, 0.15) is 6.54 Å². The number of halogens is 1. The Bertz CT molecular complexity index is 709. The number of ether oxygens (including phenoxy) is 1. The van der Waals surface area contributed by atoms with Crippen LogP contribution in [0.5, 0.6) is 5.75 Å². The highest BCUT2D eigenvalue weighted by atomic mass is 19.1. The predicted octanol–water partition coefficient (Wildman–Crippen LogP) is 2.91. The van der Waals surface area contributed by atoms with Crippen LogP contribution in [0.2, 0.25) is 0 Å². The van der Waals surface area contributed by atoms with Crippen LogP contribution in [0.3, 0.4) is 0 Å². The molecule has 1 aliphatic heterocycles. The second-order valence-electron chi connectivity index (χ2n) is 8.36. The molecule has 7 nitrogen and oxygen atoms in total. The molecule has 0 aliphatic carbocycles. The van der Waals surface area contributed by atoms with Crippen molar-refractivity contribution in [3.05, 3.63) is 29.6 Å². The number of hydrazine groups is 1. The summed E-state index contributed by atoms with van der Waals surface area (Å²) >= 11 is 0. The van der Waals surface area contributed by atoms with Gasteiger partial charge in [0.2, 0.25) is 5.91 Å². The average Bonchev–Trinajstić information content (AvgIpc) is 2.97. The minimum atomic E-state index is -0.405. The number of nitrogens with zero attached hydrogens (tertiary/aromatic N) is 1. The van der Waals surface area contributed by atoms with Crippen LogP contribution >= 0.6 is 0 Å². The molecule has 3 amide bonds. The summed E-state index contributed by atoms with van der Waals surface area (Å²) < 4.78 is 19.6. The van der Waals surface area contributed by atoms with Gasteiger partial charge in [-0.2, -0.15) is 0 Å². The number of imide groups is 1. The maximum Gasteiger partial charge on any atom is 0.324 e. The molecule has 0 bridgehead atoms. The molecule has 1 aromatic rings. The normalized spacial score (nSPS) is 14.6. The van der Waals surface area contributed by atoms with Gasteiger partial charge in [-0.15, -0.1) is 0 Å². The number of benzene rings is 1. The van der Waals surface area contributed by atoms with E-state index in [2.05, 4.69) is 16.2 Å². The lowest BCUT2D eigenvalue weighted by Crippen LogP contribution is -2.46. The van der Waals surface area contributed by atoms with E-state index in [0.717, 1.165) is 31.4 Å². The zero-order valence-corrected chi connectivity index (χ0v) is 17.8. The highest BCUT2D eigenvalue weighted by Gasteiger charge is 2.25. The van der Waals surface area contributed by atoms with Crippen molar-refractivity contribution in [1.82, 2.24) is 21.1 Å². The van der Waals surface area contributed by atoms with Crippen molar-refractivity contribution in [1.29, 1.82) is 0 Å². The number of rotatable bonds is 12. The van der Waals surface area contributed by atoms with Crippen molar-refractivity contribution in [3.63, 3.8) is 0 Å². The van der Waals surface area contributed by atoms with Crippen molar-refractivity contribution in [2.45, 2.75) is 52.5 Å². The van der Waals surface area contributed by atoms with E-state index in [9.17, 15) is 14.0 Å². The topological polar surface area (TPSA) is 82.7 Å². The molecular formula is C21H33FN4O3. The summed E-state index contributed by atoms with van der Waals surface area (Å²) in [4.78, 5) is 24.1. The number of carbonyl (C=O) groups excluding carboxylic acids is 2. The Morgan fingerprint density at radius 1 is 1.24 bits per heavy atom. The minimum absolute atomic E-state index is 0.160. The highest BCUT2D eigenvalue weighted by Crippen LogP contribution is 2.26. The Kier molecular flexibility index (Phi) is 8.40. The van der Waals surface area contributed by atoms with E-state index in [4.69, 9.17) is 4.74 Å². The lowest BCUT2D eigenvalue weighted by molar-refractivity contribution is -0.118. The molecule has 29 heavy (non-hydrogen) atoms. The molecule has 0 unspecified atom stereocenters. The molecule has 0 atom stereocenters. The van der Waals surface area contributed by atoms with Gasteiger partial charge in [0.15, 0.2) is 11.6 Å². The van der Waals surface area contributed by atoms with Gasteiger partial charge in [-0.1, -0.05) is 26.3 Å². The fourth-order valence-electron chi connectivity index (χ4n) is 2.97. The van der Waals surface area contributed by atoms with Crippen LogP contribution in [0.15, 0.2) is 18.2 Å². The smallest absolute Gasteiger partial charge is 0.324 e. The number of hydrogen-bond donors (Lipinski definition) is 3. The summed E-state index contributed by atoms with van der Waals surface area (Å²) in [7, 11) is 0. The number of carbonyl (C=O) groups is 2. The maximum atomic E-state index is 14.0. The Labute approximate surface area is 172 Å². The number of urea groups is 1. The van der Waals surface area contributed by atoms with Crippen molar-refractivity contribution in [2.75, 3.05) is 26.2 Å². The van der Waals surface area contributed by atoms with E-state index in [-0.39, 0.29) is 30.0 Å². The quantitative estimate of drug-likeness (QED) is 0.281. The third-order valence-electron chi connectivity index (χ3n) is 4.72. The Hall–Kier alpha value is -2.19. The number of nitrogens with one attached hydrogen (secondary N) is 3. The van der Waals surface area contributed by atoms with Crippen LogP contribution in [0.25, 0.3) is 0 Å². The van der Waals surface area contributed by atoms with E-state index in [1.807, 2.05) is 27.7 Å². The van der Waals surface area contributed by atoms with E-state index < -0.39 is 5.54 Å². The molecule has 3 N–H and O–H groups in total. The lowest BCUT2D eigenvalue weighted by Gasteiger charge is -2.28. The standard InChI is InChI=1S/C21H33FN4O3/c1-15(2)14-29-18-12-16(8-9-17(18)22)21(3,4)25-23-10-6-5-7-11-26-13-19(27)24-20(26)28/h8-9,12,15,23,25H,5-7,10-11,13-14H2,1-4H3,(H,24,27,28). The van der Waals surface area contributed by atoms with E-state index in [1.54, 1.807) is 12.1 Å². The van der Waals surface area contributed by atoms with Gasteiger partial charge in [-0.05, 0) is 50.3 Å². The molecule has 0 saturated carbocycles. The fraction of sp³-hybridized carbons (Fsp3) is 0.619. The zero-order chi connectivity index (χ0) is 21.4. The van der Waals surface area contributed by atoms with Gasteiger partial charge in [-0.25, -0.2) is 14.6 Å². The van der Waals surface area contributed by atoms with Crippen molar-refractivity contribution in [3.8, 4) is 5.75 Å². The molecule has 1 saturated heterocycles. The third-order valence-corrected chi connectivity index (χ3v) is 4.72. The molecule has 8 heteroatoms. The fourth-order valence-corrected chi connectivity index (χ4v) is 2.97. The van der Waals surface area contributed by atoms with Gasteiger partial charge in [0, 0.05) is 13.1 Å². The minimum Gasteiger partial charge on any atom is -0.490 e. The van der Waals surface area contributed by atoms with Gasteiger partial charge in [0.05, 0.1) is 12.1 Å². The first-order valence-electron chi connectivity index (χ1n) is 10.2. The van der Waals surface area contributed by atoms with Gasteiger partial charge in [0.25, 0.3) is 0 Å². The van der Waals surface area contributed by atoms with Gasteiger partial charge in [-0.3, -0.25) is 15.5 Å². The first-order valence-corrected chi connectivity index (χ1v) is 10.2.